The second kappa shape index (κ2) is 7.42. The lowest BCUT2D eigenvalue weighted by Crippen LogP contribution is -2.41. The summed E-state index contributed by atoms with van der Waals surface area (Å²) < 4.78 is 0. The van der Waals surface area contributed by atoms with Gasteiger partial charge >= 0.3 is 0 Å². The van der Waals surface area contributed by atoms with Gasteiger partial charge in [-0.25, -0.2) is 0 Å². The van der Waals surface area contributed by atoms with Crippen LogP contribution in [0.15, 0.2) is 18.2 Å². The van der Waals surface area contributed by atoms with Gasteiger partial charge in [0.05, 0.1) is 0 Å². The van der Waals surface area contributed by atoms with E-state index in [-0.39, 0.29) is 0 Å². The number of benzene rings is 1. The third kappa shape index (κ3) is 4.31. The van der Waals surface area contributed by atoms with E-state index in [0.717, 1.165) is 5.92 Å². The van der Waals surface area contributed by atoms with Crippen LogP contribution in [0.5, 0.6) is 0 Å². The molecule has 2 nitrogen and oxygen atoms in total. The fourth-order valence-electron chi connectivity index (χ4n) is 3.57. The Bertz CT molecular complexity index is 447. The van der Waals surface area contributed by atoms with Crippen molar-refractivity contribution in [1.82, 2.24) is 10.2 Å². The molecule has 0 spiro atoms. The Labute approximate surface area is 130 Å². The van der Waals surface area contributed by atoms with Crippen molar-refractivity contribution in [2.75, 3.05) is 19.6 Å². The van der Waals surface area contributed by atoms with Crippen molar-refractivity contribution in [1.29, 1.82) is 0 Å². The van der Waals surface area contributed by atoms with Crippen LogP contribution in [0.25, 0.3) is 0 Å². The summed E-state index contributed by atoms with van der Waals surface area (Å²) in [5, 5.41) is 3.48. The fourth-order valence-corrected chi connectivity index (χ4v) is 3.57. The molecule has 1 aromatic carbocycles. The van der Waals surface area contributed by atoms with Gasteiger partial charge in [0.1, 0.15) is 0 Å². The summed E-state index contributed by atoms with van der Waals surface area (Å²) in [5.41, 5.74) is 4.29. The molecule has 0 aromatic heterocycles. The van der Waals surface area contributed by atoms with Gasteiger partial charge in [0.15, 0.2) is 0 Å². The smallest absolute Gasteiger partial charge is 0.0325 e. The third-order valence-corrected chi connectivity index (χ3v) is 4.97. The molecule has 0 amide bonds. The van der Waals surface area contributed by atoms with Gasteiger partial charge in [-0.3, -0.25) is 4.90 Å². The Hall–Kier alpha value is -0.860. The lowest BCUT2D eigenvalue weighted by molar-refractivity contribution is 0.124. The van der Waals surface area contributed by atoms with E-state index in [1.807, 2.05) is 0 Å². The molecule has 0 radical (unpaired) electrons. The van der Waals surface area contributed by atoms with Crippen LogP contribution in [0, 0.1) is 19.8 Å². The number of hydrogen-bond donors (Lipinski definition) is 1. The summed E-state index contributed by atoms with van der Waals surface area (Å²) in [6.07, 6.45) is 2.64. The average molecular weight is 288 g/mol. The normalized spacial score (nSPS) is 18.4. The van der Waals surface area contributed by atoms with E-state index in [1.54, 1.807) is 0 Å². The Balaban J connectivity index is 2.14. The Kier molecular flexibility index (Phi) is 5.83. The van der Waals surface area contributed by atoms with Gasteiger partial charge < -0.3 is 5.32 Å². The van der Waals surface area contributed by atoms with Crippen LogP contribution in [-0.4, -0.2) is 30.6 Å². The van der Waals surface area contributed by atoms with E-state index in [1.165, 1.54) is 49.2 Å². The second-order valence-electron chi connectivity index (χ2n) is 7.02. The zero-order chi connectivity index (χ0) is 15.4. The first-order valence-corrected chi connectivity index (χ1v) is 8.52. The van der Waals surface area contributed by atoms with Gasteiger partial charge in [-0.1, -0.05) is 23.8 Å². The summed E-state index contributed by atoms with van der Waals surface area (Å²) in [4.78, 5) is 2.69. The van der Waals surface area contributed by atoms with Crippen molar-refractivity contribution in [3.05, 3.63) is 34.9 Å². The maximum absolute atomic E-state index is 3.48. The van der Waals surface area contributed by atoms with Crippen LogP contribution in [0.2, 0.25) is 0 Å². The first kappa shape index (κ1) is 16.5. The van der Waals surface area contributed by atoms with E-state index in [9.17, 15) is 0 Å². The van der Waals surface area contributed by atoms with Crippen molar-refractivity contribution in [3.8, 4) is 0 Å². The molecule has 1 heterocycles. The topological polar surface area (TPSA) is 15.3 Å². The molecular formula is C19H32N2. The van der Waals surface area contributed by atoms with E-state index >= 15 is 0 Å². The Morgan fingerprint density at radius 1 is 1.14 bits per heavy atom. The lowest BCUT2D eigenvalue weighted by atomic mass is 9.93. The monoisotopic (exact) mass is 288 g/mol. The highest BCUT2D eigenvalue weighted by Gasteiger charge is 2.24. The molecule has 1 aliphatic heterocycles. The fraction of sp³-hybridized carbons (Fsp3) is 0.684. The van der Waals surface area contributed by atoms with E-state index in [0.29, 0.717) is 12.1 Å². The highest BCUT2D eigenvalue weighted by molar-refractivity contribution is 5.32. The van der Waals surface area contributed by atoms with Gasteiger partial charge in [-0.15, -0.1) is 0 Å². The van der Waals surface area contributed by atoms with Gasteiger partial charge in [0.2, 0.25) is 0 Å². The number of nitrogens with one attached hydrogen (secondary N) is 1. The summed E-state index contributed by atoms with van der Waals surface area (Å²) >= 11 is 0. The van der Waals surface area contributed by atoms with Gasteiger partial charge in [-0.2, -0.15) is 0 Å². The highest BCUT2D eigenvalue weighted by Crippen LogP contribution is 2.28. The van der Waals surface area contributed by atoms with Gasteiger partial charge in [-0.05, 0) is 77.6 Å². The van der Waals surface area contributed by atoms with Crippen molar-refractivity contribution in [3.63, 3.8) is 0 Å². The minimum absolute atomic E-state index is 0.500. The molecule has 21 heavy (non-hydrogen) atoms. The van der Waals surface area contributed by atoms with Crippen molar-refractivity contribution in [2.24, 2.45) is 5.92 Å². The maximum atomic E-state index is 3.48. The summed E-state index contributed by atoms with van der Waals surface area (Å²) in [6.45, 7) is 15.1. The molecule has 118 valence electrons. The van der Waals surface area contributed by atoms with Crippen LogP contribution >= 0.6 is 0 Å². The van der Waals surface area contributed by atoms with E-state index < -0.39 is 0 Å². The molecule has 0 saturated carbocycles. The largest absolute Gasteiger partial charge is 0.317 e. The van der Waals surface area contributed by atoms with Crippen LogP contribution < -0.4 is 5.32 Å². The molecule has 1 fully saturated rings. The third-order valence-electron chi connectivity index (χ3n) is 4.97. The van der Waals surface area contributed by atoms with Crippen LogP contribution in [0.3, 0.4) is 0 Å². The van der Waals surface area contributed by atoms with E-state index in [2.05, 4.69) is 63.0 Å². The number of hydrogen-bond acceptors (Lipinski definition) is 2. The lowest BCUT2D eigenvalue weighted by Gasteiger charge is -2.37. The second-order valence-corrected chi connectivity index (χ2v) is 7.02. The molecule has 1 aliphatic rings. The Morgan fingerprint density at radius 2 is 1.81 bits per heavy atom. The molecule has 1 aromatic rings. The van der Waals surface area contributed by atoms with Crippen LogP contribution in [-0.2, 0) is 0 Å². The molecule has 1 N–H and O–H groups in total. The minimum Gasteiger partial charge on any atom is -0.317 e. The quantitative estimate of drug-likeness (QED) is 0.878. The molecule has 0 bridgehead atoms. The number of piperidine rings is 1. The molecule has 1 unspecified atom stereocenters. The molecule has 1 atom stereocenters. The average Bonchev–Trinajstić information content (AvgIpc) is 2.47. The standard InChI is InChI=1S/C19H32N2/c1-14(2)21(13-18-8-10-20-11-9-18)17(5)19-12-15(3)6-7-16(19)4/h6-7,12,14,17-18,20H,8-11,13H2,1-5H3. The van der Waals surface area contributed by atoms with Crippen molar-refractivity contribution < 1.29 is 0 Å². The highest BCUT2D eigenvalue weighted by atomic mass is 15.2. The first-order chi connectivity index (χ1) is 9.99. The number of rotatable bonds is 5. The van der Waals surface area contributed by atoms with Crippen molar-refractivity contribution >= 4 is 0 Å². The predicted octanol–water partition coefficient (Wildman–Crippen LogP) is 4.07. The maximum Gasteiger partial charge on any atom is 0.0325 e. The molecular weight excluding hydrogens is 256 g/mol. The molecule has 2 heteroatoms. The summed E-state index contributed by atoms with van der Waals surface area (Å²) in [7, 11) is 0. The molecule has 0 aliphatic carbocycles. The summed E-state index contributed by atoms with van der Waals surface area (Å²) in [5.74, 6) is 0.848. The Morgan fingerprint density at radius 3 is 2.43 bits per heavy atom. The minimum atomic E-state index is 0.500. The van der Waals surface area contributed by atoms with E-state index in [4.69, 9.17) is 0 Å². The van der Waals surface area contributed by atoms with Gasteiger partial charge in [0, 0.05) is 18.6 Å². The van der Waals surface area contributed by atoms with Crippen molar-refractivity contribution in [2.45, 2.75) is 59.5 Å². The zero-order valence-corrected chi connectivity index (χ0v) is 14.4. The van der Waals surface area contributed by atoms with Gasteiger partial charge in [0.25, 0.3) is 0 Å². The zero-order valence-electron chi connectivity index (χ0n) is 14.4. The van der Waals surface area contributed by atoms with Crippen LogP contribution in [0.4, 0.5) is 0 Å². The molecule has 2 rings (SSSR count). The first-order valence-electron chi connectivity index (χ1n) is 8.52. The number of aryl methyl sites for hydroxylation is 2. The number of nitrogens with zero attached hydrogens (tertiary/aromatic N) is 1. The summed E-state index contributed by atoms with van der Waals surface area (Å²) in [6, 6.07) is 7.95. The SMILES string of the molecule is Cc1ccc(C)c(C(C)N(CC2CCNCC2)C(C)C)c1. The van der Waals surface area contributed by atoms with Crippen LogP contribution in [0.1, 0.15) is 56.3 Å². The molecule has 1 saturated heterocycles. The predicted molar refractivity (Wildman–Crippen MR) is 91.8 cm³/mol.